The molecule has 0 spiro atoms. The summed E-state index contributed by atoms with van der Waals surface area (Å²) in [7, 11) is 1.71. The van der Waals surface area contributed by atoms with Crippen LogP contribution in [0, 0.1) is 5.92 Å². The molecule has 2 bridgehead atoms. The smallest absolute Gasteiger partial charge is 0.253 e. The van der Waals surface area contributed by atoms with Gasteiger partial charge in [0, 0.05) is 51.4 Å². The average Bonchev–Trinajstić information content (AvgIpc) is 3.00. The number of ether oxygens (including phenoxy) is 1. The van der Waals surface area contributed by atoms with E-state index in [0.29, 0.717) is 18.9 Å². The third-order valence-corrected chi connectivity index (χ3v) is 5.58. The van der Waals surface area contributed by atoms with Crippen LogP contribution < -0.4 is 0 Å². The Morgan fingerprint density at radius 2 is 1.85 bits per heavy atom. The van der Waals surface area contributed by atoms with E-state index in [1.54, 1.807) is 7.11 Å². The number of rotatable bonds is 7. The molecule has 1 aromatic rings. The Labute approximate surface area is 156 Å². The van der Waals surface area contributed by atoms with Crippen molar-refractivity contribution in [3.8, 4) is 0 Å². The molecule has 4 rings (SSSR count). The first-order valence-corrected chi connectivity index (χ1v) is 9.81. The van der Waals surface area contributed by atoms with Gasteiger partial charge in [0.25, 0.3) is 5.91 Å². The van der Waals surface area contributed by atoms with Crippen molar-refractivity contribution in [3.05, 3.63) is 35.9 Å². The van der Waals surface area contributed by atoms with Crippen LogP contribution in [-0.2, 0) is 9.53 Å². The molecular weight excluding hydrogens is 328 g/mol. The van der Waals surface area contributed by atoms with E-state index in [2.05, 4.69) is 4.90 Å². The summed E-state index contributed by atoms with van der Waals surface area (Å²) in [6.07, 6.45) is 5.69. The van der Waals surface area contributed by atoms with Gasteiger partial charge in [0.15, 0.2) is 0 Å². The second-order valence-electron chi connectivity index (χ2n) is 7.52. The fraction of sp³-hybridized carbons (Fsp3) is 0.619. The van der Waals surface area contributed by atoms with Gasteiger partial charge in [0.1, 0.15) is 0 Å². The Morgan fingerprint density at radius 1 is 1.04 bits per heavy atom. The number of amides is 2. The Bertz CT molecular complexity index is 605. The number of hydrogen-bond acceptors (Lipinski definition) is 3. The molecule has 26 heavy (non-hydrogen) atoms. The second-order valence-corrected chi connectivity index (χ2v) is 7.52. The first kappa shape index (κ1) is 18.9. The maximum atomic E-state index is 12.8. The molecule has 0 aliphatic carbocycles. The summed E-state index contributed by atoms with van der Waals surface area (Å²) in [6.45, 7) is 3.00. The number of piperidine rings is 1. The quantitative estimate of drug-likeness (QED) is 0.704. The van der Waals surface area contributed by atoms with Crippen LogP contribution in [0.5, 0.6) is 0 Å². The summed E-state index contributed by atoms with van der Waals surface area (Å²) < 4.78 is 5.06. The van der Waals surface area contributed by atoms with E-state index in [4.69, 9.17) is 4.74 Å². The van der Waals surface area contributed by atoms with Crippen molar-refractivity contribution in [3.63, 3.8) is 0 Å². The highest BCUT2D eigenvalue weighted by Gasteiger charge is 2.38. The minimum Gasteiger partial charge on any atom is -0.385 e. The van der Waals surface area contributed by atoms with Gasteiger partial charge < -0.3 is 14.5 Å². The number of hydrogen-bond donors (Lipinski definition) is 0. The Kier molecular flexibility index (Phi) is 6.67. The molecule has 3 aliphatic rings. The number of unbranched alkanes of at least 4 members (excludes halogenated alkanes) is 2. The summed E-state index contributed by atoms with van der Waals surface area (Å²) in [5.74, 6) is 0.751. The third-order valence-electron chi connectivity index (χ3n) is 5.58. The lowest BCUT2D eigenvalue weighted by atomic mass is 9.94. The van der Waals surface area contributed by atoms with Crippen LogP contribution in [0.4, 0.5) is 0 Å². The van der Waals surface area contributed by atoms with Crippen molar-refractivity contribution in [2.24, 2.45) is 5.92 Å². The monoisotopic (exact) mass is 358 g/mol. The van der Waals surface area contributed by atoms with Gasteiger partial charge in [0.2, 0.25) is 5.91 Å². The molecule has 3 heterocycles. The third kappa shape index (κ3) is 4.64. The Balaban J connectivity index is 1.57. The van der Waals surface area contributed by atoms with Crippen molar-refractivity contribution >= 4 is 11.8 Å². The van der Waals surface area contributed by atoms with E-state index >= 15 is 0 Å². The first-order chi connectivity index (χ1) is 12.7. The number of methoxy groups -OCH3 is 1. The molecule has 5 nitrogen and oxygen atoms in total. The van der Waals surface area contributed by atoms with Crippen molar-refractivity contribution in [1.29, 1.82) is 0 Å². The van der Waals surface area contributed by atoms with Crippen LogP contribution in [0.3, 0.4) is 0 Å². The van der Waals surface area contributed by atoms with Crippen LogP contribution in [0.1, 0.15) is 48.9 Å². The molecule has 2 atom stereocenters. The van der Waals surface area contributed by atoms with E-state index < -0.39 is 0 Å². The van der Waals surface area contributed by atoms with E-state index in [-0.39, 0.29) is 17.9 Å². The molecule has 142 valence electrons. The largest absolute Gasteiger partial charge is 0.385 e. The van der Waals surface area contributed by atoms with Gasteiger partial charge in [-0.3, -0.25) is 9.59 Å². The highest BCUT2D eigenvalue weighted by atomic mass is 16.5. The molecule has 3 fully saturated rings. The molecule has 1 aromatic carbocycles. The van der Waals surface area contributed by atoms with E-state index in [1.165, 1.54) is 0 Å². The fourth-order valence-corrected chi connectivity index (χ4v) is 4.16. The van der Waals surface area contributed by atoms with Gasteiger partial charge in [-0.25, -0.2) is 0 Å². The van der Waals surface area contributed by atoms with Gasteiger partial charge in [-0.1, -0.05) is 24.6 Å². The maximum Gasteiger partial charge on any atom is 0.253 e. The fourth-order valence-electron chi connectivity index (χ4n) is 4.16. The van der Waals surface area contributed by atoms with Crippen LogP contribution in [0.25, 0.3) is 0 Å². The van der Waals surface area contributed by atoms with Crippen LogP contribution >= 0.6 is 0 Å². The van der Waals surface area contributed by atoms with Gasteiger partial charge in [-0.2, -0.15) is 0 Å². The molecule has 0 N–H and O–H groups in total. The van der Waals surface area contributed by atoms with Crippen LogP contribution in [-0.4, -0.2) is 61.0 Å². The molecular formula is C21H30N2O3. The number of carbonyl (C=O) groups is 2. The van der Waals surface area contributed by atoms with Gasteiger partial charge in [0.05, 0.1) is 0 Å². The molecule has 3 aliphatic heterocycles. The number of carbonyl (C=O) groups excluding carboxylic acids is 2. The zero-order chi connectivity index (χ0) is 18.4. The summed E-state index contributed by atoms with van der Waals surface area (Å²) in [6, 6.07) is 9.65. The second kappa shape index (κ2) is 9.17. The average molecular weight is 358 g/mol. The van der Waals surface area contributed by atoms with Gasteiger partial charge in [-0.05, 0) is 43.7 Å². The van der Waals surface area contributed by atoms with E-state index in [9.17, 15) is 9.59 Å². The lowest BCUT2D eigenvalue weighted by Gasteiger charge is -2.36. The number of benzene rings is 1. The summed E-state index contributed by atoms with van der Waals surface area (Å²) >= 11 is 0. The molecule has 2 amide bonds. The lowest BCUT2D eigenvalue weighted by molar-refractivity contribution is -0.135. The summed E-state index contributed by atoms with van der Waals surface area (Å²) in [5.41, 5.74) is 0.741. The predicted molar refractivity (Wildman–Crippen MR) is 101 cm³/mol. The zero-order valence-corrected chi connectivity index (χ0v) is 15.7. The Hall–Kier alpha value is -1.88. The summed E-state index contributed by atoms with van der Waals surface area (Å²) in [5, 5.41) is 0. The standard InChI is InChI=1S/C21H30N2O3/c1-26-13-7-3-6-10-20(24)23-15-17-11-12-19(23)16-22(14-17)21(25)18-8-4-2-5-9-18/h2,4-5,8-9,17,19H,3,6-7,10-16H2,1H3/t17-,19+/m0/s1. The minimum absolute atomic E-state index is 0.0939. The van der Waals surface area contributed by atoms with Crippen LogP contribution in [0.15, 0.2) is 30.3 Å². The first-order valence-electron chi connectivity index (χ1n) is 9.81. The number of fused-ring (bicyclic) bond motifs is 4. The lowest BCUT2D eigenvalue weighted by Crippen LogP contribution is -2.47. The maximum absolute atomic E-state index is 12.8. The predicted octanol–water partition coefficient (Wildman–Crippen LogP) is 2.96. The van der Waals surface area contributed by atoms with Crippen molar-refractivity contribution in [1.82, 2.24) is 9.80 Å². The topological polar surface area (TPSA) is 49.9 Å². The van der Waals surface area contributed by atoms with Gasteiger partial charge in [-0.15, -0.1) is 0 Å². The molecule has 0 saturated carbocycles. The summed E-state index contributed by atoms with van der Waals surface area (Å²) in [4.78, 5) is 29.6. The molecule has 0 aromatic heterocycles. The number of nitrogens with zero attached hydrogens (tertiary/aromatic N) is 2. The highest BCUT2D eigenvalue weighted by molar-refractivity contribution is 5.94. The van der Waals surface area contributed by atoms with Crippen molar-refractivity contribution in [2.45, 2.75) is 44.6 Å². The zero-order valence-electron chi connectivity index (χ0n) is 15.7. The SMILES string of the molecule is COCCCCCC(=O)N1C[C@H]2CC[C@@H]1CN(C(=O)c1ccccc1)C2. The normalized spacial score (nSPS) is 22.3. The molecule has 0 unspecified atom stereocenters. The van der Waals surface area contributed by atoms with E-state index in [1.807, 2.05) is 35.2 Å². The molecule has 5 heteroatoms. The molecule has 0 radical (unpaired) electrons. The van der Waals surface area contributed by atoms with E-state index in [0.717, 1.165) is 57.4 Å². The highest BCUT2D eigenvalue weighted by Crippen LogP contribution is 2.29. The minimum atomic E-state index is 0.0939. The van der Waals surface area contributed by atoms with Gasteiger partial charge >= 0.3 is 0 Å². The van der Waals surface area contributed by atoms with Crippen molar-refractivity contribution < 1.29 is 14.3 Å². The van der Waals surface area contributed by atoms with Crippen LogP contribution in [0.2, 0.25) is 0 Å². The Morgan fingerprint density at radius 3 is 2.62 bits per heavy atom. The van der Waals surface area contributed by atoms with Crippen molar-refractivity contribution in [2.75, 3.05) is 33.4 Å². The molecule has 3 saturated heterocycles.